The Kier molecular flexibility index (Phi) is 4.29. The third-order valence-electron chi connectivity index (χ3n) is 4.50. The van der Waals surface area contributed by atoms with Gasteiger partial charge in [0.25, 0.3) is 11.7 Å². The number of aryl methyl sites for hydroxylation is 1. The Bertz CT molecular complexity index is 997. The van der Waals surface area contributed by atoms with Crippen LogP contribution in [-0.2, 0) is 11.0 Å². The second kappa shape index (κ2) is 6.22. The molecule has 8 heteroatoms. The number of nitrogens with zero attached hydrogens (tertiary/aromatic N) is 1. The minimum Gasteiger partial charge on any atom is -0.398 e. The fraction of sp³-hybridized carbons (Fsp3) is 0.211. The maximum Gasteiger partial charge on any atom is 0.416 e. The molecular formula is C19H16F3N3O2. The van der Waals surface area contributed by atoms with Gasteiger partial charge in [-0.05, 0) is 49.2 Å². The van der Waals surface area contributed by atoms with Gasteiger partial charge in [0.2, 0.25) is 0 Å². The summed E-state index contributed by atoms with van der Waals surface area (Å²) < 4.78 is 39.9. The number of Topliss-reactive ketones (excluding diaryl/α,β-unsaturated/α-hetero) is 1. The Morgan fingerprint density at radius 3 is 2.30 bits per heavy atom. The van der Waals surface area contributed by atoms with Gasteiger partial charge in [0.1, 0.15) is 0 Å². The van der Waals surface area contributed by atoms with Gasteiger partial charge in [0.05, 0.1) is 16.8 Å². The van der Waals surface area contributed by atoms with E-state index in [0.29, 0.717) is 5.56 Å². The molecule has 3 N–H and O–H groups in total. The number of ketones is 1. The predicted molar refractivity (Wildman–Crippen MR) is 96.3 cm³/mol. The molecule has 140 valence electrons. The van der Waals surface area contributed by atoms with Crippen molar-refractivity contribution in [2.45, 2.75) is 20.0 Å². The van der Waals surface area contributed by atoms with E-state index >= 15 is 0 Å². The number of hydrogen-bond acceptors (Lipinski definition) is 4. The number of benzene rings is 2. The lowest BCUT2D eigenvalue weighted by Crippen LogP contribution is -2.29. The molecule has 0 radical (unpaired) electrons. The quantitative estimate of drug-likeness (QED) is 0.486. The minimum absolute atomic E-state index is 0.0539. The largest absolute Gasteiger partial charge is 0.416 e. The fourth-order valence-corrected chi connectivity index (χ4v) is 3.31. The maximum absolute atomic E-state index is 13.3. The van der Waals surface area contributed by atoms with Crippen LogP contribution in [0.3, 0.4) is 0 Å². The van der Waals surface area contributed by atoms with Crippen LogP contribution in [0.15, 0.2) is 24.3 Å². The number of nitrogen functional groups attached to an aromatic ring is 1. The van der Waals surface area contributed by atoms with Crippen molar-refractivity contribution in [3.8, 4) is 11.1 Å². The summed E-state index contributed by atoms with van der Waals surface area (Å²) in [6.07, 6.45) is -3.76. The number of likely N-dealkylation sites (N-methyl/N-ethyl adjacent to an activating group) is 1. The average molecular weight is 375 g/mol. The van der Waals surface area contributed by atoms with E-state index in [2.05, 4.69) is 0 Å². The number of alkyl halides is 3. The maximum atomic E-state index is 13.3. The predicted octanol–water partition coefficient (Wildman–Crippen LogP) is 3.81. The molecule has 1 aliphatic rings. The lowest BCUT2D eigenvalue weighted by Gasteiger charge is -2.21. The van der Waals surface area contributed by atoms with E-state index in [1.807, 2.05) is 0 Å². The first-order chi connectivity index (χ1) is 12.6. The lowest BCUT2D eigenvalue weighted by molar-refractivity contribution is -0.137. The zero-order valence-corrected chi connectivity index (χ0v) is 14.6. The third-order valence-corrected chi connectivity index (χ3v) is 4.50. The Balaban J connectivity index is 2.41. The zero-order chi connectivity index (χ0) is 20.1. The number of rotatable bonds is 3. The number of nitrogens with one attached hydrogen (secondary N) is 1. The highest BCUT2D eigenvalue weighted by Gasteiger charge is 2.38. The monoisotopic (exact) mass is 375 g/mol. The van der Waals surface area contributed by atoms with Crippen LogP contribution in [0.2, 0.25) is 0 Å². The van der Waals surface area contributed by atoms with Crippen LogP contribution in [0, 0.1) is 12.3 Å². The Morgan fingerprint density at radius 1 is 1.11 bits per heavy atom. The van der Waals surface area contributed by atoms with Gasteiger partial charge in [-0.25, -0.2) is 0 Å². The smallest absolute Gasteiger partial charge is 0.398 e. The minimum atomic E-state index is -4.63. The standard InChI is InChI=1S/C19H16F3N3O2/c1-3-25-16-12(4-9(2)5-13(16)17(26)18(25)27)11-6-10(19(20,21)22)7-15(24)14(11)8-23/h4-8,23H,3,24H2,1-2H3. The number of amides is 1. The van der Waals surface area contributed by atoms with Gasteiger partial charge in [-0.15, -0.1) is 0 Å². The van der Waals surface area contributed by atoms with E-state index in [1.54, 1.807) is 19.9 Å². The van der Waals surface area contributed by atoms with Crippen LogP contribution >= 0.6 is 0 Å². The summed E-state index contributed by atoms with van der Waals surface area (Å²) in [7, 11) is 0. The first-order valence-corrected chi connectivity index (χ1v) is 8.12. The van der Waals surface area contributed by atoms with E-state index in [9.17, 15) is 22.8 Å². The lowest BCUT2D eigenvalue weighted by atomic mass is 9.91. The Hall–Kier alpha value is -3.16. The van der Waals surface area contributed by atoms with Crippen molar-refractivity contribution in [1.29, 1.82) is 5.41 Å². The van der Waals surface area contributed by atoms with Crippen molar-refractivity contribution in [2.24, 2.45) is 0 Å². The number of anilines is 2. The van der Waals surface area contributed by atoms with Crippen LogP contribution in [-0.4, -0.2) is 24.4 Å². The molecule has 1 aliphatic heterocycles. The van der Waals surface area contributed by atoms with Gasteiger partial charge in [-0.3, -0.25) is 9.59 Å². The topological polar surface area (TPSA) is 87.2 Å². The van der Waals surface area contributed by atoms with Crippen LogP contribution in [0.1, 0.15) is 34.0 Å². The van der Waals surface area contributed by atoms with Gasteiger partial charge >= 0.3 is 6.18 Å². The SMILES string of the molecule is CCN1C(=O)C(=O)c2cc(C)cc(-c3cc(C(F)(F)F)cc(N)c3C=N)c21. The summed E-state index contributed by atoms with van der Waals surface area (Å²) in [6.45, 7) is 3.53. The van der Waals surface area contributed by atoms with E-state index in [4.69, 9.17) is 11.1 Å². The van der Waals surface area contributed by atoms with Gasteiger partial charge < -0.3 is 16.0 Å². The average Bonchev–Trinajstić information content (AvgIpc) is 2.83. The molecule has 27 heavy (non-hydrogen) atoms. The summed E-state index contributed by atoms with van der Waals surface area (Å²) in [4.78, 5) is 25.8. The van der Waals surface area contributed by atoms with Crippen LogP contribution in [0.5, 0.6) is 0 Å². The molecule has 2 aromatic rings. The van der Waals surface area contributed by atoms with Crippen LogP contribution in [0.25, 0.3) is 11.1 Å². The summed E-state index contributed by atoms with van der Waals surface area (Å²) in [5, 5.41) is 7.59. The number of hydrogen-bond donors (Lipinski definition) is 2. The molecular weight excluding hydrogens is 359 g/mol. The van der Waals surface area contributed by atoms with Crippen molar-refractivity contribution < 1.29 is 22.8 Å². The van der Waals surface area contributed by atoms with E-state index in [0.717, 1.165) is 18.3 Å². The number of nitrogens with two attached hydrogens (primary N) is 1. The first-order valence-electron chi connectivity index (χ1n) is 8.12. The zero-order valence-electron chi connectivity index (χ0n) is 14.6. The van der Waals surface area contributed by atoms with Gasteiger partial charge in [-0.1, -0.05) is 0 Å². The molecule has 0 saturated carbocycles. The van der Waals surface area contributed by atoms with Crippen LogP contribution < -0.4 is 10.6 Å². The molecule has 0 bridgehead atoms. The summed E-state index contributed by atoms with van der Waals surface area (Å²) in [5.41, 5.74) is 6.02. The number of halogens is 3. The van der Waals surface area contributed by atoms with Crippen molar-refractivity contribution in [1.82, 2.24) is 0 Å². The highest BCUT2D eigenvalue weighted by atomic mass is 19.4. The first kappa shape index (κ1) is 18.6. The molecule has 0 spiro atoms. The molecule has 1 amide bonds. The summed E-state index contributed by atoms with van der Waals surface area (Å²) >= 11 is 0. The van der Waals surface area contributed by atoms with Crippen molar-refractivity contribution in [3.63, 3.8) is 0 Å². The van der Waals surface area contributed by atoms with Crippen molar-refractivity contribution >= 4 is 29.3 Å². The van der Waals surface area contributed by atoms with Crippen molar-refractivity contribution in [3.05, 3.63) is 46.5 Å². The molecule has 0 fully saturated rings. The number of fused-ring (bicyclic) bond motifs is 1. The molecule has 0 aromatic heterocycles. The molecule has 1 heterocycles. The second-order valence-electron chi connectivity index (χ2n) is 6.26. The van der Waals surface area contributed by atoms with E-state index in [1.165, 1.54) is 11.0 Å². The highest BCUT2D eigenvalue weighted by molar-refractivity contribution is 6.53. The highest BCUT2D eigenvalue weighted by Crippen LogP contribution is 2.43. The van der Waals surface area contributed by atoms with Gasteiger partial charge in [0, 0.05) is 29.6 Å². The van der Waals surface area contributed by atoms with E-state index in [-0.39, 0.29) is 40.2 Å². The molecule has 2 aromatic carbocycles. The van der Waals surface area contributed by atoms with Crippen molar-refractivity contribution in [2.75, 3.05) is 17.2 Å². The summed E-state index contributed by atoms with van der Waals surface area (Å²) in [5.74, 6) is -1.43. The number of carbonyl (C=O) groups excluding carboxylic acids is 2. The molecule has 0 aliphatic carbocycles. The second-order valence-corrected chi connectivity index (χ2v) is 6.26. The fourth-order valence-electron chi connectivity index (χ4n) is 3.31. The molecule has 0 unspecified atom stereocenters. The molecule has 0 atom stereocenters. The van der Waals surface area contributed by atoms with E-state index < -0.39 is 23.4 Å². The van der Waals surface area contributed by atoms with Gasteiger partial charge in [-0.2, -0.15) is 13.2 Å². The Labute approximate surface area is 153 Å². The Morgan fingerprint density at radius 2 is 1.74 bits per heavy atom. The summed E-state index contributed by atoms with van der Waals surface area (Å²) in [6, 6.07) is 4.80. The number of carbonyl (C=O) groups is 2. The normalized spacial score (nSPS) is 13.9. The third kappa shape index (κ3) is 2.87. The molecule has 0 saturated heterocycles. The molecule has 3 rings (SSSR count). The van der Waals surface area contributed by atoms with Crippen LogP contribution in [0.4, 0.5) is 24.5 Å². The molecule has 5 nitrogen and oxygen atoms in total. The van der Waals surface area contributed by atoms with Gasteiger partial charge in [0.15, 0.2) is 0 Å².